The Morgan fingerprint density at radius 1 is 1.43 bits per heavy atom. The molecule has 14 nitrogen and oxygen atoms in total. The third kappa shape index (κ3) is 5.76. The van der Waals surface area contributed by atoms with E-state index in [9.17, 15) is 29.1 Å². The molecular formula is C19H22N6O8S2. The summed E-state index contributed by atoms with van der Waals surface area (Å²) in [6, 6.07) is -0.958. The molecule has 3 atom stereocenters. The van der Waals surface area contributed by atoms with Gasteiger partial charge < -0.3 is 30.6 Å². The Morgan fingerprint density at radius 3 is 2.77 bits per heavy atom. The van der Waals surface area contributed by atoms with Crippen LogP contribution in [0.15, 0.2) is 17.8 Å². The highest BCUT2D eigenvalue weighted by Crippen LogP contribution is 2.42. The first-order valence-corrected chi connectivity index (χ1v) is 11.9. The van der Waals surface area contributed by atoms with E-state index in [2.05, 4.69) is 26.4 Å². The topological polar surface area (TPSA) is 203 Å². The van der Waals surface area contributed by atoms with Gasteiger partial charge in [0.2, 0.25) is 17.4 Å². The Morgan fingerprint density at radius 2 is 2.17 bits per heavy atom. The van der Waals surface area contributed by atoms with Crippen molar-refractivity contribution in [3.8, 4) is 0 Å². The molecule has 2 fully saturated rings. The predicted octanol–water partition coefficient (Wildman–Crippen LogP) is -0.980. The van der Waals surface area contributed by atoms with Crippen LogP contribution in [0, 0.1) is 5.41 Å². The second-order valence-corrected chi connectivity index (χ2v) is 9.61. The number of Topliss-reactive ketones (excluding diaryl/α,β-unsaturated/α-hetero) is 1. The minimum atomic E-state index is -1.55. The van der Waals surface area contributed by atoms with Gasteiger partial charge in [0.05, 0.1) is 0 Å². The molecular weight excluding hydrogens is 504 g/mol. The molecule has 0 spiro atoms. The number of nitrogens with two attached hydrogens (primary N) is 1. The molecule has 3 rings (SSSR count). The highest BCUT2D eigenvalue weighted by atomic mass is 32.2. The number of ketones is 1. The largest absolute Gasteiger partial charge is 0.481 e. The summed E-state index contributed by atoms with van der Waals surface area (Å²) in [7, 11) is 0. The SMILES string of the molecule is C=CCON=C(C(=O)NC1C(=O)N2CC(COC(=O)CC(C)=O)(C(=O)O)CS[C@H]12)c1nsc(N)n1. The molecule has 0 saturated carbocycles. The fraction of sp³-hybridized carbons (Fsp3) is 0.474. The number of amides is 2. The normalized spacial score (nSPS) is 23.5. The van der Waals surface area contributed by atoms with Gasteiger partial charge in [-0.25, -0.2) is 0 Å². The third-order valence-electron chi connectivity index (χ3n) is 5.00. The number of hydrogen-bond acceptors (Lipinski definition) is 13. The number of aromatic nitrogens is 2. The van der Waals surface area contributed by atoms with Gasteiger partial charge >= 0.3 is 11.9 Å². The minimum Gasteiger partial charge on any atom is -0.481 e. The standard InChI is InChI=1S/C19H22N6O8S2/c1-3-4-33-23-11(13-22-18(20)35-24-13)14(28)21-12-15(29)25-6-19(17(30)31,8-34-16(12)25)7-32-10(27)5-9(2)26/h3,12,16H,1,4-8H2,2H3,(H,21,28)(H,30,31)(H2,20,22,24)/t12?,16-,19?/m1/s1. The van der Waals surface area contributed by atoms with E-state index in [0.717, 1.165) is 23.3 Å². The van der Waals surface area contributed by atoms with Crippen LogP contribution in [0.3, 0.4) is 0 Å². The highest BCUT2D eigenvalue weighted by Gasteiger charge is 2.58. The van der Waals surface area contributed by atoms with Crippen molar-refractivity contribution < 1.29 is 38.7 Å². The molecule has 0 aliphatic carbocycles. The van der Waals surface area contributed by atoms with Crippen molar-refractivity contribution in [2.75, 3.05) is 31.2 Å². The number of thioether (sulfide) groups is 1. The van der Waals surface area contributed by atoms with Crippen molar-refractivity contribution in [1.82, 2.24) is 19.6 Å². The molecule has 2 amide bonds. The fourth-order valence-electron chi connectivity index (χ4n) is 3.26. The van der Waals surface area contributed by atoms with Gasteiger partial charge in [-0.1, -0.05) is 17.8 Å². The molecule has 2 unspecified atom stereocenters. The third-order valence-corrected chi connectivity index (χ3v) is 7.13. The van der Waals surface area contributed by atoms with E-state index in [4.69, 9.17) is 15.3 Å². The van der Waals surface area contributed by atoms with Gasteiger partial charge in [-0.2, -0.15) is 9.36 Å². The zero-order valence-electron chi connectivity index (χ0n) is 18.5. The van der Waals surface area contributed by atoms with Crippen LogP contribution in [0.2, 0.25) is 0 Å². The molecule has 35 heavy (non-hydrogen) atoms. The number of nitrogen functional groups attached to an aromatic ring is 1. The van der Waals surface area contributed by atoms with Crippen LogP contribution in [0.25, 0.3) is 0 Å². The molecule has 0 aromatic carbocycles. The summed E-state index contributed by atoms with van der Waals surface area (Å²) in [4.78, 5) is 70.6. The number of anilines is 1. The number of β-lactam (4-membered cyclic amide) rings is 1. The molecule has 2 saturated heterocycles. The number of nitrogens with one attached hydrogen (secondary N) is 1. The van der Waals surface area contributed by atoms with E-state index in [1.54, 1.807) is 0 Å². The van der Waals surface area contributed by atoms with Crippen molar-refractivity contribution in [1.29, 1.82) is 0 Å². The number of carboxylic acids is 1. The van der Waals surface area contributed by atoms with Crippen LogP contribution in [0.4, 0.5) is 5.13 Å². The summed E-state index contributed by atoms with van der Waals surface area (Å²) in [5, 5.41) is 15.6. The number of fused-ring (bicyclic) bond motifs is 1. The van der Waals surface area contributed by atoms with Crippen LogP contribution < -0.4 is 11.1 Å². The molecule has 188 valence electrons. The van der Waals surface area contributed by atoms with E-state index < -0.39 is 59.4 Å². The van der Waals surface area contributed by atoms with Crippen molar-refractivity contribution >= 4 is 63.7 Å². The second-order valence-electron chi connectivity index (χ2n) is 7.72. The van der Waals surface area contributed by atoms with Gasteiger partial charge in [0.15, 0.2) is 5.13 Å². The number of carbonyl (C=O) groups excluding carboxylic acids is 4. The molecule has 1 aromatic rings. The first-order chi connectivity index (χ1) is 16.6. The first-order valence-electron chi connectivity index (χ1n) is 10.1. The fourth-order valence-corrected chi connectivity index (χ4v) is 5.22. The molecule has 16 heteroatoms. The average Bonchev–Trinajstić information content (AvgIpc) is 3.23. The smallest absolute Gasteiger partial charge is 0.315 e. The molecule has 0 bridgehead atoms. The number of aliphatic carboxylic acids is 1. The summed E-state index contributed by atoms with van der Waals surface area (Å²) in [5.41, 5.74) is 3.74. The maximum Gasteiger partial charge on any atom is 0.315 e. The number of rotatable bonds is 11. The molecule has 2 aliphatic rings. The van der Waals surface area contributed by atoms with E-state index >= 15 is 0 Å². The highest BCUT2D eigenvalue weighted by molar-refractivity contribution is 8.00. The Labute approximate surface area is 207 Å². The van der Waals surface area contributed by atoms with Crippen molar-refractivity contribution in [2.45, 2.75) is 24.8 Å². The quantitative estimate of drug-likeness (QED) is 0.0605. The van der Waals surface area contributed by atoms with Crippen LogP contribution in [0.1, 0.15) is 19.2 Å². The van der Waals surface area contributed by atoms with E-state index in [-0.39, 0.29) is 35.6 Å². The summed E-state index contributed by atoms with van der Waals surface area (Å²) < 4.78 is 8.94. The number of carboxylic acid groups (broad SMARTS) is 1. The lowest BCUT2D eigenvalue weighted by atomic mass is 9.88. The number of nitrogens with zero attached hydrogens (tertiary/aromatic N) is 4. The number of ether oxygens (including phenoxy) is 1. The molecule has 4 N–H and O–H groups in total. The lowest BCUT2D eigenvalue weighted by molar-refractivity contribution is -0.165. The molecule has 3 heterocycles. The Balaban J connectivity index is 1.67. The van der Waals surface area contributed by atoms with Gasteiger partial charge in [0, 0.05) is 23.8 Å². The molecule has 0 radical (unpaired) electrons. The van der Waals surface area contributed by atoms with Gasteiger partial charge in [0.1, 0.15) is 42.2 Å². The number of oxime groups is 1. The summed E-state index contributed by atoms with van der Waals surface area (Å²) >= 11 is 1.97. The van der Waals surface area contributed by atoms with Gasteiger partial charge in [-0.05, 0) is 6.92 Å². The molecule has 1 aromatic heterocycles. The van der Waals surface area contributed by atoms with Crippen molar-refractivity contribution in [3.05, 3.63) is 18.5 Å². The van der Waals surface area contributed by atoms with Gasteiger partial charge in [-0.15, -0.1) is 11.8 Å². The predicted molar refractivity (Wildman–Crippen MR) is 123 cm³/mol. The lowest BCUT2D eigenvalue weighted by Crippen LogP contribution is -2.74. The second kappa shape index (κ2) is 10.8. The maximum atomic E-state index is 12.8. The summed E-state index contributed by atoms with van der Waals surface area (Å²) in [6.45, 7) is 3.98. The van der Waals surface area contributed by atoms with Gasteiger partial charge in [-0.3, -0.25) is 24.0 Å². The number of hydrogen-bond donors (Lipinski definition) is 3. The van der Waals surface area contributed by atoms with Crippen molar-refractivity contribution in [2.24, 2.45) is 10.6 Å². The average molecular weight is 527 g/mol. The lowest BCUT2D eigenvalue weighted by Gasteiger charge is -2.53. The van der Waals surface area contributed by atoms with Crippen molar-refractivity contribution in [3.63, 3.8) is 0 Å². The Bertz CT molecular complexity index is 1090. The monoisotopic (exact) mass is 526 g/mol. The van der Waals surface area contributed by atoms with Crippen LogP contribution in [-0.4, -0.2) is 91.5 Å². The number of carbonyl (C=O) groups is 5. The van der Waals surface area contributed by atoms with Crippen LogP contribution >= 0.6 is 23.3 Å². The van der Waals surface area contributed by atoms with Crippen LogP contribution in [0.5, 0.6) is 0 Å². The van der Waals surface area contributed by atoms with Gasteiger partial charge in [0.25, 0.3) is 5.91 Å². The summed E-state index contributed by atoms with van der Waals surface area (Å²) in [6.07, 6.45) is 0.947. The zero-order chi connectivity index (χ0) is 25.8. The molecule has 2 aliphatic heterocycles. The maximum absolute atomic E-state index is 12.8. The Kier molecular flexibility index (Phi) is 8.06. The Hall–Kier alpha value is -3.53. The van der Waals surface area contributed by atoms with E-state index in [1.807, 2.05) is 0 Å². The zero-order valence-corrected chi connectivity index (χ0v) is 20.1. The van der Waals surface area contributed by atoms with E-state index in [0.29, 0.717) is 0 Å². The number of esters is 1. The van der Waals surface area contributed by atoms with Crippen LogP contribution in [-0.2, 0) is 33.5 Å². The first kappa shape index (κ1) is 26.1. The van der Waals surface area contributed by atoms with E-state index in [1.165, 1.54) is 17.9 Å². The minimum absolute atomic E-state index is 0.00404. The summed E-state index contributed by atoms with van der Waals surface area (Å²) in [5.74, 6) is -3.88.